The molecule has 0 saturated heterocycles. The van der Waals surface area contributed by atoms with Crippen molar-refractivity contribution in [3.05, 3.63) is 105 Å². The van der Waals surface area contributed by atoms with Crippen LogP contribution in [0, 0.1) is 19.7 Å². The van der Waals surface area contributed by atoms with Crippen molar-refractivity contribution in [3.8, 4) is 22.7 Å². The van der Waals surface area contributed by atoms with E-state index in [2.05, 4.69) is 26.6 Å². The van der Waals surface area contributed by atoms with Crippen molar-refractivity contribution < 1.29 is 18.7 Å². The maximum atomic E-state index is 13.5. The zero-order chi connectivity index (χ0) is 24.2. The van der Waals surface area contributed by atoms with Gasteiger partial charge in [0.15, 0.2) is 0 Å². The number of carbonyl (C=O) groups is 1. The predicted octanol–water partition coefficient (Wildman–Crippen LogP) is 7.42. The summed E-state index contributed by atoms with van der Waals surface area (Å²) < 4.78 is 27.6. The molecule has 0 N–H and O–H groups in total. The highest BCUT2D eigenvalue weighted by Gasteiger charge is 2.16. The van der Waals surface area contributed by atoms with Crippen molar-refractivity contribution in [3.63, 3.8) is 0 Å². The number of nitrogens with zero attached hydrogens (tertiary/aromatic N) is 1. The van der Waals surface area contributed by atoms with Gasteiger partial charge in [0, 0.05) is 27.0 Å². The Balaban J connectivity index is 1.73. The number of carbonyl (C=O) groups excluding carboxylic acids is 1. The fraction of sp³-hybridized carbons (Fsp3) is 0.179. The highest BCUT2D eigenvalue weighted by molar-refractivity contribution is 9.10. The molecule has 0 amide bonds. The molecular formula is C28H25BrFNO3. The van der Waals surface area contributed by atoms with Gasteiger partial charge in [0.25, 0.3) is 0 Å². The van der Waals surface area contributed by atoms with Crippen molar-refractivity contribution in [1.29, 1.82) is 0 Å². The van der Waals surface area contributed by atoms with Crippen LogP contribution in [0.25, 0.3) is 16.9 Å². The van der Waals surface area contributed by atoms with E-state index in [1.54, 1.807) is 19.1 Å². The fourth-order valence-corrected chi connectivity index (χ4v) is 4.31. The molecule has 4 aromatic rings. The molecule has 34 heavy (non-hydrogen) atoms. The summed E-state index contributed by atoms with van der Waals surface area (Å²) in [6, 6.07) is 22.1. The van der Waals surface area contributed by atoms with Gasteiger partial charge in [-0.2, -0.15) is 0 Å². The van der Waals surface area contributed by atoms with Crippen LogP contribution >= 0.6 is 15.9 Å². The van der Waals surface area contributed by atoms with Gasteiger partial charge in [-0.1, -0.05) is 39.7 Å². The Morgan fingerprint density at radius 3 is 2.59 bits per heavy atom. The number of aryl methyl sites for hydroxylation is 2. The van der Waals surface area contributed by atoms with Gasteiger partial charge in [-0.15, -0.1) is 0 Å². The molecule has 6 heteroatoms. The highest BCUT2D eigenvalue weighted by atomic mass is 79.9. The first kappa shape index (κ1) is 23.8. The van der Waals surface area contributed by atoms with Crippen molar-refractivity contribution in [2.45, 2.75) is 27.4 Å². The van der Waals surface area contributed by atoms with Crippen molar-refractivity contribution in [1.82, 2.24) is 4.57 Å². The standard InChI is InChI=1S/C28H25BrFNO3/c1-4-33-28(32)20-6-5-7-23(15-20)31-19(3)9-12-26(31)24-14-18(2)8-13-27(24)34-17-21-10-11-22(30)16-25(21)29/h5-16H,4,17H2,1-3H3. The second-order valence-corrected chi connectivity index (χ2v) is 8.84. The summed E-state index contributed by atoms with van der Waals surface area (Å²) in [4.78, 5) is 12.3. The van der Waals surface area contributed by atoms with Gasteiger partial charge in [-0.25, -0.2) is 9.18 Å². The molecule has 0 aliphatic heterocycles. The molecule has 174 valence electrons. The molecule has 0 unspecified atom stereocenters. The third-order valence-electron chi connectivity index (χ3n) is 5.50. The molecule has 0 fully saturated rings. The van der Waals surface area contributed by atoms with Crippen molar-refractivity contribution >= 4 is 21.9 Å². The highest BCUT2D eigenvalue weighted by Crippen LogP contribution is 2.35. The van der Waals surface area contributed by atoms with Crippen LogP contribution in [0.5, 0.6) is 5.75 Å². The van der Waals surface area contributed by atoms with Crippen LogP contribution in [-0.4, -0.2) is 17.1 Å². The van der Waals surface area contributed by atoms with Crippen LogP contribution in [0.4, 0.5) is 4.39 Å². The summed E-state index contributed by atoms with van der Waals surface area (Å²) in [5.41, 5.74) is 6.18. The van der Waals surface area contributed by atoms with E-state index in [0.29, 0.717) is 22.4 Å². The molecule has 0 atom stereocenters. The molecule has 1 heterocycles. The SMILES string of the molecule is CCOC(=O)c1cccc(-n2c(C)ccc2-c2cc(C)ccc2OCc2ccc(F)cc2Br)c1. The molecule has 0 bridgehead atoms. The van der Waals surface area contributed by atoms with E-state index in [1.807, 2.05) is 56.3 Å². The van der Waals surface area contributed by atoms with Gasteiger partial charge in [0.05, 0.1) is 17.9 Å². The molecule has 0 radical (unpaired) electrons. The lowest BCUT2D eigenvalue weighted by Crippen LogP contribution is -2.07. The van der Waals surface area contributed by atoms with E-state index in [0.717, 1.165) is 33.8 Å². The van der Waals surface area contributed by atoms with Gasteiger partial charge in [0.2, 0.25) is 0 Å². The Labute approximate surface area is 207 Å². The van der Waals surface area contributed by atoms with E-state index in [9.17, 15) is 9.18 Å². The number of esters is 1. The molecule has 0 aliphatic rings. The maximum absolute atomic E-state index is 13.5. The summed E-state index contributed by atoms with van der Waals surface area (Å²) in [7, 11) is 0. The van der Waals surface area contributed by atoms with E-state index >= 15 is 0 Å². The second-order valence-electron chi connectivity index (χ2n) is 7.99. The number of aromatic nitrogens is 1. The third-order valence-corrected chi connectivity index (χ3v) is 6.24. The maximum Gasteiger partial charge on any atom is 0.338 e. The lowest BCUT2D eigenvalue weighted by molar-refractivity contribution is 0.0526. The number of ether oxygens (including phenoxy) is 2. The average Bonchev–Trinajstić information content (AvgIpc) is 3.20. The van der Waals surface area contributed by atoms with Crippen LogP contribution in [0.1, 0.15) is 34.1 Å². The van der Waals surface area contributed by atoms with E-state index < -0.39 is 0 Å². The molecule has 4 rings (SSSR count). The molecular weight excluding hydrogens is 497 g/mol. The Morgan fingerprint density at radius 1 is 1.00 bits per heavy atom. The van der Waals surface area contributed by atoms with Crippen LogP contribution < -0.4 is 4.74 Å². The van der Waals surface area contributed by atoms with Gasteiger partial charge in [-0.3, -0.25) is 0 Å². The van der Waals surface area contributed by atoms with Gasteiger partial charge < -0.3 is 14.0 Å². The third kappa shape index (κ3) is 5.07. The van der Waals surface area contributed by atoms with Gasteiger partial charge in [-0.05, 0) is 75.4 Å². The normalized spacial score (nSPS) is 10.9. The molecule has 0 aliphatic carbocycles. The summed E-state index contributed by atoms with van der Waals surface area (Å²) in [6.07, 6.45) is 0. The number of rotatable bonds is 7. The molecule has 1 aromatic heterocycles. The Morgan fingerprint density at radius 2 is 1.82 bits per heavy atom. The summed E-state index contributed by atoms with van der Waals surface area (Å²) >= 11 is 3.41. The quantitative estimate of drug-likeness (QED) is 0.237. The van der Waals surface area contributed by atoms with Gasteiger partial charge in [0.1, 0.15) is 18.2 Å². The number of hydrogen-bond acceptors (Lipinski definition) is 3. The van der Waals surface area contributed by atoms with Crippen LogP contribution in [0.3, 0.4) is 0 Å². The summed E-state index contributed by atoms with van der Waals surface area (Å²) in [5.74, 6) is 0.0629. The predicted molar refractivity (Wildman–Crippen MR) is 135 cm³/mol. The fourth-order valence-electron chi connectivity index (χ4n) is 3.84. The number of halogens is 2. The topological polar surface area (TPSA) is 40.5 Å². The summed E-state index contributed by atoms with van der Waals surface area (Å²) in [5, 5.41) is 0. The first-order valence-electron chi connectivity index (χ1n) is 11.0. The zero-order valence-electron chi connectivity index (χ0n) is 19.3. The molecule has 0 spiro atoms. The Hall–Kier alpha value is -3.38. The first-order chi connectivity index (χ1) is 16.4. The lowest BCUT2D eigenvalue weighted by Gasteiger charge is -2.17. The number of hydrogen-bond donors (Lipinski definition) is 0. The van der Waals surface area contributed by atoms with Gasteiger partial charge >= 0.3 is 5.97 Å². The van der Waals surface area contributed by atoms with Crippen molar-refractivity contribution in [2.24, 2.45) is 0 Å². The van der Waals surface area contributed by atoms with Crippen molar-refractivity contribution in [2.75, 3.05) is 6.61 Å². The molecule has 0 saturated carbocycles. The largest absolute Gasteiger partial charge is 0.488 e. The Bertz CT molecular complexity index is 1350. The minimum atomic E-state index is -0.347. The van der Waals surface area contributed by atoms with E-state index in [-0.39, 0.29) is 18.4 Å². The monoisotopic (exact) mass is 521 g/mol. The van der Waals surface area contributed by atoms with Crippen LogP contribution in [0.2, 0.25) is 0 Å². The average molecular weight is 522 g/mol. The van der Waals surface area contributed by atoms with E-state index in [4.69, 9.17) is 9.47 Å². The second kappa shape index (κ2) is 10.3. The van der Waals surface area contributed by atoms with Crippen LogP contribution in [0.15, 0.2) is 77.3 Å². The number of benzene rings is 3. The van der Waals surface area contributed by atoms with E-state index in [1.165, 1.54) is 12.1 Å². The summed E-state index contributed by atoms with van der Waals surface area (Å²) in [6.45, 7) is 6.46. The minimum Gasteiger partial charge on any atom is -0.488 e. The smallest absolute Gasteiger partial charge is 0.338 e. The lowest BCUT2D eigenvalue weighted by atomic mass is 10.1. The van der Waals surface area contributed by atoms with Crippen LogP contribution in [-0.2, 0) is 11.3 Å². The zero-order valence-corrected chi connectivity index (χ0v) is 20.9. The molecule has 4 nitrogen and oxygen atoms in total. The minimum absolute atomic E-state index is 0.287. The Kier molecular flexibility index (Phi) is 7.17. The first-order valence-corrected chi connectivity index (χ1v) is 11.8. The molecule has 3 aromatic carbocycles.